The zero-order valence-electron chi connectivity index (χ0n) is 8.52. The average molecular weight is 279 g/mol. The molecule has 0 atom stereocenters. The maximum Gasteiger partial charge on any atom is 0.119 e. The Morgan fingerprint density at radius 1 is 1.00 bits per heavy atom. The quantitative estimate of drug-likeness (QED) is 0.826. The Hall–Kier alpha value is -1.48. The number of benzene rings is 2. The summed E-state index contributed by atoms with van der Waals surface area (Å²) in [5, 5.41) is 19.0. The topological polar surface area (TPSA) is 40.5 Å². The minimum Gasteiger partial charge on any atom is -0.508 e. The molecular weight excluding hydrogens is 268 g/mol. The smallest absolute Gasteiger partial charge is 0.119 e. The van der Waals surface area contributed by atoms with Crippen LogP contribution in [0.1, 0.15) is 11.1 Å². The van der Waals surface area contributed by atoms with Crippen LogP contribution < -0.4 is 0 Å². The van der Waals surface area contributed by atoms with E-state index in [0.29, 0.717) is 6.42 Å². The van der Waals surface area contributed by atoms with E-state index in [-0.39, 0.29) is 11.5 Å². The van der Waals surface area contributed by atoms with Crippen LogP contribution in [0, 0.1) is 0 Å². The molecule has 0 aliphatic heterocycles. The molecule has 0 fully saturated rings. The van der Waals surface area contributed by atoms with Crippen molar-refractivity contribution >= 4 is 15.9 Å². The van der Waals surface area contributed by atoms with Crippen molar-refractivity contribution in [2.45, 2.75) is 6.42 Å². The predicted molar refractivity (Wildman–Crippen MR) is 66.7 cm³/mol. The Labute approximate surface area is 102 Å². The van der Waals surface area contributed by atoms with E-state index in [1.165, 1.54) is 12.1 Å². The van der Waals surface area contributed by atoms with Crippen LogP contribution in [0.4, 0.5) is 0 Å². The van der Waals surface area contributed by atoms with Crippen LogP contribution in [0.5, 0.6) is 11.5 Å². The highest BCUT2D eigenvalue weighted by atomic mass is 79.9. The molecule has 0 heterocycles. The lowest BCUT2D eigenvalue weighted by atomic mass is 10.0. The number of hydrogen-bond donors (Lipinski definition) is 2. The van der Waals surface area contributed by atoms with Crippen LogP contribution in [0.25, 0.3) is 0 Å². The summed E-state index contributed by atoms with van der Waals surface area (Å²) in [4.78, 5) is 0. The lowest BCUT2D eigenvalue weighted by molar-refractivity contribution is 0.455. The van der Waals surface area contributed by atoms with Crippen molar-refractivity contribution in [3.63, 3.8) is 0 Å². The van der Waals surface area contributed by atoms with Crippen LogP contribution in [0.3, 0.4) is 0 Å². The molecule has 2 rings (SSSR count). The van der Waals surface area contributed by atoms with Crippen LogP contribution in [-0.4, -0.2) is 10.2 Å². The van der Waals surface area contributed by atoms with E-state index in [1.807, 2.05) is 24.3 Å². The first-order valence-corrected chi connectivity index (χ1v) is 5.70. The lowest BCUT2D eigenvalue weighted by Gasteiger charge is -2.05. The van der Waals surface area contributed by atoms with Crippen molar-refractivity contribution < 1.29 is 10.2 Å². The van der Waals surface area contributed by atoms with Gasteiger partial charge in [0.2, 0.25) is 0 Å². The molecule has 0 bridgehead atoms. The second kappa shape index (κ2) is 4.58. The molecule has 0 amide bonds. The van der Waals surface area contributed by atoms with Gasteiger partial charge in [-0.1, -0.05) is 28.1 Å². The summed E-state index contributed by atoms with van der Waals surface area (Å²) in [6.45, 7) is 0. The van der Waals surface area contributed by atoms with Crippen molar-refractivity contribution in [3.8, 4) is 11.5 Å². The highest BCUT2D eigenvalue weighted by molar-refractivity contribution is 9.10. The Bertz CT molecular complexity index is 509. The molecule has 2 N–H and O–H groups in total. The third-order valence-electron chi connectivity index (χ3n) is 2.35. The summed E-state index contributed by atoms with van der Waals surface area (Å²) < 4.78 is 1.00. The largest absolute Gasteiger partial charge is 0.508 e. The van der Waals surface area contributed by atoms with Gasteiger partial charge >= 0.3 is 0 Å². The summed E-state index contributed by atoms with van der Waals surface area (Å²) in [5.41, 5.74) is 1.80. The van der Waals surface area contributed by atoms with E-state index in [4.69, 9.17) is 0 Å². The van der Waals surface area contributed by atoms with Gasteiger partial charge in [0.25, 0.3) is 0 Å². The van der Waals surface area contributed by atoms with Gasteiger partial charge < -0.3 is 10.2 Å². The van der Waals surface area contributed by atoms with E-state index in [1.54, 1.807) is 6.07 Å². The lowest BCUT2D eigenvalue weighted by Crippen LogP contribution is -1.88. The molecule has 0 saturated heterocycles. The van der Waals surface area contributed by atoms with Gasteiger partial charge in [0, 0.05) is 16.5 Å². The SMILES string of the molecule is Oc1ccc(O)c(Cc2cccc(Br)c2)c1. The maximum absolute atomic E-state index is 9.64. The van der Waals surface area contributed by atoms with E-state index >= 15 is 0 Å². The first-order chi connectivity index (χ1) is 7.65. The molecule has 3 heteroatoms. The summed E-state index contributed by atoms with van der Waals surface area (Å²) in [7, 11) is 0. The van der Waals surface area contributed by atoms with Gasteiger partial charge in [-0.25, -0.2) is 0 Å². The number of halogens is 1. The van der Waals surface area contributed by atoms with Gasteiger partial charge in [0.15, 0.2) is 0 Å². The second-order valence-electron chi connectivity index (χ2n) is 3.62. The Morgan fingerprint density at radius 2 is 1.81 bits per heavy atom. The summed E-state index contributed by atoms with van der Waals surface area (Å²) in [5.74, 6) is 0.376. The maximum atomic E-state index is 9.64. The fourth-order valence-corrected chi connectivity index (χ4v) is 2.03. The summed E-state index contributed by atoms with van der Waals surface area (Å²) in [6.07, 6.45) is 0.597. The molecule has 0 aromatic heterocycles. The third-order valence-corrected chi connectivity index (χ3v) is 2.84. The van der Waals surface area contributed by atoms with Gasteiger partial charge in [-0.2, -0.15) is 0 Å². The number of rotatable bonds is 2. The first-order valence-electron chi connectivity index (χ1n) is 4.90. The van der Waals surface area contributed by atoms with Crippen molar-refractivity contribution in [2.75, 3.05) is 0 Å². The third kappa shape index (κ3) is 2.55. The minimum absolute atomic E-state index is 0.169. The highest BCUT2D eigenvalue weighted by Crippen LogP contribution is 2.25. The zero-order valence-corrected chi connectivity index (χ0v) is 10.1. The van der Waals surface area contributed by atoms with Crippen LogP contribution in [-0.2, 0) is 6.42 Å². The molecule has 0 spiro atoms. The molecule has 0 unspecified atom stereocenters. The van der Waals surface area contributed by atoms with Gasteiger partial charge in [0.05, 0.1) is 0 Å². The molecule has 16 heavy (non-hydrogen) atoms. The second-order valence-corrected chi connectivity index (χ2v) is 4.54. The van der Waals surface area contributed by atoms with E-state index in [9.17, 15) is 10.2 Å². The van der Waals surface area contributed by atoms with Gasteiger partial charge in [-0.05, 0) is 35.9 Å². The molecule has 0 radical (unpaired) electrons. The predicted octanol–water partition coefficient (Wildman–Crippen LogP) is 3.45. The van der Waals surface area contributed by atoms with Crippen molar-refractivity contribution in [3.05, 3.63) is 58.1 Å². The Balaban J connectivity index is 2.30. The number of aromatic hydroxyl groups is 2. The molecular formula is C13H11BrO2. The van der Waals surface area contributed by atoms with Gasteiger partial charge in [0.1, 0.15) is 11.5 Å². The van der Waals surface area contributed by atoms with Gasteiger partial charge in [-0.3, -0.25) is 0 Å². The normalized spacial score (nSPS) is 10.3. The standard InChI is InChI=1S/C13H11BrO2/c14-11-3-1-2-9(7-11)6-10-8-12(15)4-5-13(10)16/h1-5,7-8,15-16H,6H2. The Morgan fingerprint density at radius 3 is 2.56 bits per heavy atom. The average Bonchev–Trinajstić information content (AvgIpc) is 2.24. The molecule has 2 aromatic rings. The Kier molecular flexibility index (Phi) is 3.15. The van der Waals surface area contributed by atoms with Crippen LogP contribution in [0.15, 0.2) is 46.9 Å². The fraction of sp³-hybridized carbons (Fsp3) is 0.0769. The van der Waals surface area contributed by atoms with E-state index in [2.05, 4.69) is 15.9 Å². The number of hydrogen-bond acceptors (Lipinski definition) is 2. The van der Waals surface area contributed by atoms with Crippen molar-refractivity contribution in [1.29, 1.82) is 0 Å². The molecule has 0 aliphatic carbocycles. The van der Waals surface area contributed by atoms with Crippen molar-refractivity contribution in [1.82, 2.24) is 0 Å². The minimum atomic E-state index is 0.169. The molecule has 82 valence electrons. The van der Waals surface area contributed by atoms with E-state index < -0.39 is 0 Å². The van der Waals surface area contributed by atoms with Gasteiger partial charge in [-0.15, -0.1) is 0 Å². The molecule has 2 nitrogen and oxygen atoms in total. The number of phenols is 2. The van der Waals surface area contributed by atoms with E-state index in [0.717, 1.165) is 15.6 Å². The summed E-state index contributed by atoms with van der Waals surface area (Å²) >= 11 is 3.40. The van der Waals surface area contributed by atoms with Crippen molar-refractivity contribution in [2.24, 2.45) is 0 Å². The van der Waals surface area contributed by atoms with Crippen LogP contribution >= 0.6 is 15.9 Å². The molecule has 2 aromatic carbocycles. The highest BCUT2D eigenvalue weighted by Gasteiger charge is 2.04. The fourth-order valence-electron chi connectivity index (χ4n) is 1.58. The number of phenolic OH excluding ortho intramolecular Hbond substituents is 2. The zero-order chi connectivity index (χ0) is 11.5. The molecule has 0 saturated carbocycles. The first kappa shape index (κ1) is 11.0. The monoisotopic (exact) mass is 278 g/mol. The van der Waals surface area contributed by atoms with Crippen LogP contribution in [0.2, 0.25) is 0 Å². The summed E-state index contributed by atoms with van der Waals surface area (Å²) in [6, 6.07) is 12.4. The molecule has 0 aliphatic rings.